The van der Waals surface area contributed by atoms with Crippen LogP contribution in [0.25, 0.3) is 11.1 Å². The minimum atomic E-state index is -0.297. The Hall–Kier alpha value is -3.64. The molecule has 1 N–H and O–H groups in total. The zero-order valence-electron chi connectivity index (χ0n) is 23.6. The fourth-order valence-electron chi connectivity index (χ4n) is 5.97. The molecule has 0 aliphatic carbocycles. The summed E-state index contributed by atoms with van der Waals surface area (Å²) in [5.74, 6) is 0.980. The number of rotatable bonds is 6. The van der Waals surface area contributed by atoms with E-state index in [0.717, 1.165) is 36.8 Å². The molecule has 5 rings (SSSR count). The molecule has 0 bridgehead atoms. The van der Waals surface area contributed by atoms with Gasteiger partial charge in [0, 0.05) is 44.0 Å². The Morgan fingerprint density at radius 1 is 1.05 bits per heavy atom. The van der Waals surface area contributed by atoms with Gasteiger partial charge in [0.25, 0.3) is 0 Å². The van der Waals surface area contributed by atoms with Crippen LogP contribution in [0.4, 0.5) is 4.79 Å². The van der Waals surface area contributed by atoms with Gasteiger partial charge in [-0.1, -0.05) is 12.1 Å². The molecule has 2 amide bonds. The Balaban J connectivity index is 1.15. The number of benzene rings is 1. The maximum atomic E-state index is 13.0. The lowest BCUT2D eigenvalue weighted by molar-refractivity contribution is -0.133. The first-order chi connectivity index (χ1) is 19.3. The second-order valence-corrected chi connectivity index (χ2v) is 11.4. The van der Waals surface area contributed by atoms with Gasteiger partial charge >= 0.3 is 6.09 Å². The lowest BCUT2D eigenvalue weighted by Crippen LogP contribution is -2.50. The SMILES string of the molecule is CC(C)OC(=O)N1CCC(C(C)Oc2ccc(-c3ccc4c(c3)CNC(C(=O)N3CCCC3C#N)C4)cn2)CC1. The number of nitrogens with one attached hydrogen (secondary N) is 1. The molecule has 40 heavy (non-hydrogen) atoms. The molecule has 9 nitrogen and oxygen atoms in total. The van der Waals surface area contributed by atoms with E-state index >= 15 is 0 Å². The Kier molecular flexibility index (Phi) is 8.55. The molecule has 1 aromatic carbocycles. The van der Waals surface area contributed by atoms with Crippen LogP contribution in [0.1, 0.15) is 57.6 Å². The van der Waals surface area contributed by atoms with Gasteiger partial charge in [-0.3, -0.25) is 4.79 Å². The number of likely N-dealkylation sites (tertiary alicyclic amines) is 2. The van der Waals surface area contributed by atoms with Gasteiger partial charge < -0.3 is 24.6 Å². The number of amides is 2. The molecule has 3 aliphatic rings. The van der Waals surface area contributed by atoms with Gasteiger partial charge in [-0.25, -0.2) is 9.78 Å². The van der Waals surface area contributed by atoms with E-state index in [-0.39, 0.29) is 36.3 Å². The lowest BCUT2D eigenvalue weighted by atomic mass is 9.92. The first-order valence-electron chi connectivity index (χ1n) is 14.5. The monoisotopic (exact) mass is 545 g/mol. The number of nitrogens with zero attached hydrogens (tertiary/aromatic N) is 4. The number of hydrogen-bond acceptors (Lipinski definition) is 7. The second-order valence-electron chi connectivity index (χ2n) is 11.4. The van der Waals surface area contributed by atoms with E-state index in [1.165, 1.54) is 11.1 Å². The summed E-state index contributed by atoms with van der Waals surface area (Å²) in [6, 6.07) is 12.0. The minimum absolute atomic E-state index is 0.00362. The van der Waals surface area contributed by atoms with Gasteiger partial charge in [0.1, 0.15) is 12.1 Å². The van der Waals surface area contributed by atoms with Crippen molar-refractivity contribution in [2.24, 2.45) is 5.92 Å². The molecule has 2 fully saturated rings. The molecule has 2 aromatic rings. The zero-order valence-corrected chi connectivity index (χ0v) is 23.6. The highest BCUT2D eigenvalue weighted by molar-refractivity contribution is 5.83. The van der Waals surface area contributed by atoms with E-state index in [1.807, 2.05) is 32.2 Å². The molecule has 9 heteroatoms. The number of pyridine rings is 1. The highest BCUT2D eigenvalue weighted by Gasteiger charge is 2.34. The summed E-state index contributed by atoms with van der Waals surface area (Å²) in [6.07, 6.45) is 5.53. The standard InChI is InChI=1S/C31H39N5O4/c1-20(2)39-31(38)35-13-10-22(11-14-35)21(3)40-29-9-8-25(18-34-29)23-6-7-24-16-28(33-19-26(24)15-23)30(37)36-12-4-5-27(36)17-32/h6-9,15,18,20-22,27-28,33H,4-5,10-14,16,19H2,1-3H3. The van der Waals surface area contributed by atoms with Crippen LogP contribution in [0.2, 0.25) is 0 Å². The fraction of sp³-hybridized carbons (Fsp3) is 0.548. The molecular weight excluding hydrogens is 506 g/mol. The van der Waals surface area contributed by atoms with Gasteiger partial charge in [-0.15, -0.1) is 0 Å². The predicted octanol–water partition coefficient (Wildman–Crippen LogP) is 4.30. The van der Waals surface area contributed by atoms with Crippen molar-refractivity contribution >= 4 is 12.0 Å². The van der Waals surface area contributed by atoms with E-state index in [2.05, 4.69) is 41.5 Å². The third-order valence-corrected chi connectivity index (χ3v) is 8.33. The van der Waals surface area contributed by atoms with Crippen molar-refractivity contribution in [1.82, 2.24) is 20.1 Å². The van der Waals surface area contributed by atoms with Crippen LogP contribution >= 0.6 is 0 Å². The Morgan fingerprint density at radius 3 is 2.52 bits per heavy atom. The number of carbonyl (C=O) groups excluding carboxylic acids is 2. The molecule has 3 atom stereocenters. The van der Waals surface area contributed by atoms with E-state index in [1.54, 1.807) is 9.80 Å². The Labute approximate surface area is 236 Å². The van der Waals surface area contributed by atoms with E-state index in [9.17, 15) is 14.9 Å². The average Bonchev–Trinajstić information content (AvgIpc) is 3.45. The molecule has 2 saturated heterocycles. The van der Waals surface area contributed by atoms with Crippen molar-refractivity contribution in [3.05, 3.63) is 47.7 Å². The summed E-state index contributed by atoms with van der Waals surface area (Å²) in [6.45, 7) is 8.44. The molecule has 4 heterocycles. The van der Waals surface area contributed by atoms with Crippen LogP contribution in [-0.4, -0.2) is 70.7 Å². The van der Waals surface area contributed by atoms with Gasteiger partial charge in [0.2, 0.25) is 11.8 Å². The van der Waals surface area contributed by atoms with Crippen molar-refractivity contribution in [2.45, 2.75) is 83.7 Å². The predicted molar refractivity (Wildman–Crippen MR) is 150 cm³/mol. The van der Waals surface area contributed by atoms with Gasteiger partial charge in [0.15, 0.2) is 0 Å². The van der Waals surface area contributed by atoms with E-state index < -0.39 is 0 Å². The first kappa shape index (κ1) is 27.9. The van der Waals surface area contributed by atoms with Crippen molar-refractivity contribution in [2.75, 3.05) is 19.6 Å². The highest BCUT2D eigenvalue weighted by Crippen LogP contribution is 2.29. The summed E-state index contributed by atoms with van der Waals surface area (Å²) in [4.78, 5) is 33.3. The molecule has 0 radical (unpaired) electrons. The first-order valence-corrected chi connectivity index (χ1v) is 14.5. The van der Waals surface area contributed by atoms with Crippen molar-refractivity contribution in [1.29, 1.82) is 5.26 Å². The number of hydrogen-bond donors (Lipinski definition) is 1. The molecule has 3 unspecified atom stereocenters. The second kappa shape index (κ2) is 12.3. The number of fused-ring (bicyclic) bond motifs is 1. The van der Waals surface area contributed by atoms with Crippen molar-refractivity contribution in [3.8, 4) is 23.1 Å². The number of nitriles is 1. The van der Waals surface area contributed by atoms with Crippen LogP contribution in [0.15, 0.2) is 36.5 Å². The van der Waals surface area contributed by atoms with Gasteiger partial charge in [-0.2, -0.15) is 5.26 Å². The third kappa shape index (κ3) is 6.23. The normalized spacial score (nSPS) is 22.0. The van der Waals surface area contributed by atoms with Crippen LogP contribution < -0.4 is 10.1 Å². The smallest absolute Gasteiger partial charge is 0.410 e. The summed E-state index contributed by atoms with van der Waals surface area (Å²) in [7, 11) is 0. The van der Waals surface area contributed by atoms with Crippen LogP contribution in [0.3, 0.4) is 0 Å². The largest absolute Gasteiger partial charge is 0.474 e. The molecule has 0 spiro atoms. The molecule has 3 aliphatic heterocycles. The number of ether oxygens (including phenoxy) is 2. The number of aromatic nitrogens is 1. The third-order valence-electron chi connectivity index (χ3n) is 8.33. The van der Waals surface area contributed by atoms with Gasteiger partial charge in [0.05, 0.1) is 18.2 Å². The van der Waals surface area contributed by atoms with Crippen LogP contribution in [-0.2, 0) is 22.5 Å². The number of piperidine rings is 1. The molecular formula is C31H39N5O4. The van der Waals surface area contributed by atoms with Crippen molar-refractivity contribution in [3.63, 3.8) is 0 Å². The van der Waals surface area contributed by atoms with E-state index in [4.69, 9.17) is 9.47 Å². The van der Waals surface area contributed by atoms with Crippen molar-refractivity contribution < 1.29 is 19.1 Å². The maximum Gasteiger partial charge on any atom is 0.410 e. The van der Waals surface area contributed by atoms with Gasteiger partial charge in [-0.05, 0) is 87.6 Å². The summed E-state index contributed by atoms with van der Waals surface area (Å²) in [5.41, 5.74) is 4.42. The van der Waals surface area contributed by atoms with E-state index in [0.29, 0.717) is 44.4 Å². The Bertz CT molecular complexity index is 1250. The topological polar surface area (TPSA) is 108 Å². The average molecular weight is 546 g/mol. The summed E-state index contributed by atoms with van der Waals surface area (Å²) >= 11 is 0. The minimum Gasteiger partial charge on any atom is -0.474 e. The van der Waals surface area contributed by atoms with Crippen LogP contribution in [0.5, 0.6) is 5.88 Å². The quantitative estimate of drug-likeness (QED) is 0.577. The summed E-state index contributed by atoms with van der Waals surface area (Å²) < 4.78 is 11.5. The highest BCUT2D eigenvalue weighted by atomic mass is 16.6. The zero-order chi connectivity index (χ0) is 28.2. The fourth-order valence-corrected chi connectivity index (χ4v) is 5.97. The lowest BCUT2D eigenvalue weighted by Gasteiger charge is -2.34. The maximum absolute atomic E-state index is 13.0. The van der Waals surface area contributed by atoms with Crippen LogP contribution in [0, 0.1) is 17.2 Å². The number of carbonyl (C=O) groups is 2. The molecule has 0 saturated carbocycles. The Morgan fingerprint density at radius 2 is 1.82 bits per heavy atom. The molecule has 212 valence electrons. The molecule has 1 aromatic heterocycles. The summed E-state index contributed by atoms with van der Waals surface area (Å²) in [5, 5.41) is 12.7.